The minimum atomic E-state index is -0.0229. The highest BCUT2D eigenvalue weighted by Crippen LogP contribution is 2.25. The number of benzene rings is 2. The molecular weight excluding hydrogens is 354 g/mol. The van der Waals surface area contributed by atoms with E-state index < -0.39 is 0 Å². The fraction of sp³-hybridized carbons (Fsp3) is 0.409. The highest BCUT2D eigenvalue weighted by atomic mass is 16.5. The van der Waals surface area contributed by atoms with Crippen LogP contribution < -0.4 is 15.4 Å². The van der Waals surface area contributed by atoms with Crippen LogP contribution in [0, 0.1) is 0 Å². The summed E-state index contributed by atoms with van der Waals surface area (Å²) in [4.78, 5) is 17.2. The molecule has 0 aromatic heterocycles. The van der Waals surface area contributed by atoms with Crippen LogP contribution in [0.15, 0.2) is 42.5 Å². The summed E-state index contributed by atoms with van der Waals surface area (Å²) in [6.07, 6.45) is 2.09. The quantitative estimate of drug-likeness (QED) is 0.744. The highest BCUT2D eigenvalue weighted by molar-refractivity contribution is 5.94. The van der Waals surface area contributed by atoms with Gasteiger partial charge in [0, 0.05) is 50.7 Å². The summed E-state index contributed by atoms with van der Waals surface area (Å²) in [6, 6.07) is 13.0. The van der Waals surface area contributed by atoms with Crippen LogP contribution in [0.2, 0.25) is 0 Å². The van der Waals surface area contributed by atoms with Crippen molar-refractivity contribution in [3.05, 3.63) is 53.6 Å². The van der Waals surface area contributed by atoms with Crippen LogP contribution in [0.1, 0.15) is 28.8 Å². The van der Waals surface area contributed by atoms with Gasteiger partial charge in [0.2, 0.25) is 0 Å². The lowest BCUT2D eigenvalue weighted by molar-refractivity contribution is 0.0507. The molecule has 1 atom stereocenters. The largest absolute Gasteiger partial charge is 0.497 e. The standard InChI is InChI=1S/C22H29N3O3/c1-24(2)21-11-8-18(23)13-17(21)14-25(15-20-5-4-12-28-20)22(26)16-6-9-19(27-3)10-7-16/h6-11,13,20H,4-5,12,14-15,23H2,1-3H3. The monoisotopic (exact) mass is 383 g/mol. The Kier molecular flexibility index (Phi) is 6.41. The van der Waals surface area contributed by atoms with Gasteiger partial charge in [0.1, 0.15) is 5.75 Å². The van der Waals surface area contributed by atoms with Crippen molar-refractivity contribution in [3.8, 4) is 5.75 Å². The molecular formula is C22H29N3O3. The molecule has 0 saturated carbocycles. The maximum absolute atomic E-state index is 13.3. The molecule has 1 aliphatic heterocycles. The Morgan fingerprint density at radius 2 is 1.96 bits per heavy atom. The summed E-state index contributed by atoms with van der Waals surface area (Å²) in [5, 5.41) is 0. The predicted octanol–water partition coefficient (Wildman–Crippen LogP) is 3.16. The molecule has 1 saturated heterocycles. The first-order valence-corrected chi connectivity index (χ1v) is 9.58. The highest BCUT2D eigenvalue weighted by Gasteiger charge is 2.24. The maximum Gasteiger partial charge on any atom is 0.254 e. The lowest BCUT2D eigenvalue weighted by atomic mass is 10.1. The summed E-state index contributed by atoms with van der Waals surface area (Å²) in [5.74, 6) is 0.707. The van der Waals surface area contributed by atoms with Crippen molar-refractivity contribution in [2.75, 3.05) is 45.0 Å². The number of rotatable bonds is 7. The number of nitrogens with zero attached hydrogens (tertiary/aromatic N) is 2. The number of methoxy groups -OCH3 is 1. The molecule has 6 nitrogen and oxygen atoms in total. The van der Waals surface area contributed by atoms with Gasteiger partial charge in [-0.15, -0.1) is 0 Å². The Balaban J connectivity index is 1.88. The number of anilines is 2. The molecule has 3 rings (SSSR count). The van der Waals surface area contributed by atoms with E-state index in [1.807, 2.05) is 54.2 Å². The van der Waals surface area contributed by atoms with E-state index in [9.17, 15) is 4.79 Å². The minimum absolute atomic E-state index is 0.0229. The molecule has 0 bridgehead atoms. The van der Waals surface area contributed by atoms with E-state index in [0.717, 1.165) is 36.4 Å². The van der Waals surface area contributed by atoms with Gasteiger partial charge in [0.15, 0.2) is 0 Å². The number of hydrogen-bond donors (Lipinski definition) is 1. The van der Waals surface area contributed by atoms with E-state index in [-0.39, 0.29) is 12.0 Å². The topological polar surface area (TPSA) is 68.0 Å². The van der Waals surface area contributed by atoms with Gasteiger partial charge in [-0.05, 0) is 60.9 Å². The summed E-state index contributed by atoms with van der Waals surface area (Å²) >= 11 is 0. The van der Waals surface area contributed by atoms with E-state index >= 15 is 0 Å². The summed E-state index contributed by atoms with van der Waals surface area (Å²) < 4.78 is 11.0. The molecule has 1 unspecified atom stereocenters. The van der Waals surface area contributed by atoms with E-state index in [1.165, 1.54) is 0 Å². The van der Waals surface area contributed by atoms with E-state index in [4.69, 9.17) is 15.2 Å². The SMILES string of the molecule is COc1ccc(C(=O)N(Cc2cc(N)ccc2N(C)C)CC2CCCO2)cc1. The fourth-order valence-electron chi connectivity index (χ4n) is 3.54. The van der Waals surface area contributed by atoms with Crippen molar-refractivity contribution < 1.29 is 14.3 Å². The molecule has 6 heteroatoms. The second-order valence-corrected chi connectivity index (χ2v) is 7.33. The minimum Gasteiger partial charge on any atom is -0.497 e. The number of nitrogens with two attached hydrogens (primary N) is 1. The van der Waals surface area contributed by atoms with Crippen LogP contribution in [0.5, 0.6) is 5.75 Å². The molecule has 1 fully saturated rings. The Bertz CT molecular complexity index is 799. The molecule has 0 aliphatic carbocycles. The normalized spacial score (nSPS) is 16.0. The van der Waals surface area contributed by atoms with Crippen molar-refractivity contribution in [1.82, 2.24) is 4.90 Å². The zero-order valence-corrected chi connectivity index (χ0v) is 16.9. The first-order chi connectivity index (χ1) is 13.5. The number of hydrogen-bond acceptors (Lipinski definition) is 5. The second-order valence-electron chi connectivity index (χ2n) is 7.33. The molecule has 1 amide bonds. The van der Waals surface area contributed by atoms with E-state index in [1.54, 1.807) is 19.2 Å². The molecule has 2 aromatic carbocycles. The van der Waals surface area contributed by atoms with Gasteiger partial charge < -0.3 is 25.0 Å². The van der Waals surface area contributed by atoms with Crippen molar-refractivity contribution in [1.29, 1.82) is 0 Å². The first kappa shape index (κ1) is 20.0. The number of carbonyl (C=O) groups is 1. The Labute approximate surface area is 166 Å². The molecule has 2 N–H and O–H groups in total. The Morgan fingerprint density at radius 1 is 1.21 bits per heavy atom. The van der Waals surface area contributed by atoms with Crippen molar-refractivity contribution >= 4 is 17.3 Å². The third-order valence-corrected chi connectivity index (χ3v) is 5.02. The van der Waals surface area contributed by atoms with Crippen LogP contribution in [-0.2, 0) is 11.3 Å². The third-order valence-electron chi connectivity index (χ3n) is 5.02. The van der Waals surface area contributed by atoms with Crippen molar-refractivity contribution in [2.24, 2.45) is 0 Å². The molecule has 0 spiro atoms. The lowest BCUT2D eigenvalue weighted by Crippen LogP contribution is -2.37. The smallest absolute Gasteiger partial charge is 0.254 e. The van der Waals surface area contributed by atoms with Crippen LogP contribution in [0.3, 0.4) is 0 Å². The molecule has 1 heterocycles. The zero-order chi connectivity index (χ0) is 20.1. The average Bonchev–Trinajstić information content (AvgIpc) is 3.20. The predicted molar refractivity (Wildman–Crippen MR) is 112 cm³/mol. The number of ether oxygens (including phenoxy) is 2. The van der Waals surface area contributed by atoms with Gasteiger partial charge >= 0.3 is 0 Å². The van der Waals surface area contributed by atoms with Crippen LogP contribution in [0.4, 0.5) is 11.4 Å². The zero-order valence-electron chi connectivity index (χ0n) is 16.9. The summed E-state index contributed by atoms with van der Waals surface area (Å²) in [6.45, 7) is 1.80. The van der Waals surface area contributed by atoms with E-state index in [0.29, 0.717) is 24.3 Å². The van der Waals surface area contributed by atoms with Gasteiger partial charge in [0.05, 0.1) is 13.2 Å². The average molecular weight is 383 g/mol. The summed E-state index contributed by atoms with van der Waals surface area (Å²) in [7, 11) is 5.60. The van der Waals surface area contributed by atoms with Gasteiger partial charge in [-0.3, -0.25) is 4.79 Å². The first-order valence-electron chi connectivity index (χ1n) is 9.58. The molecule has 2 aromatic rings. The Morgan fingerprint density at radius 3 is 2.57 bits per heavy atom. The van der Waals surface area contributed by atoms with Crippen molar-refractivity contribution in [3.63, 3.8) is 0 Å². The summed E-state index contributed by atoms with van der Waals surface area (Å²) in [5.41, 5.74) is 9.42. The number of amides is 1. The molecule has 28 heavy (non-hydrogen) atoms. The van der Waals surface area contributed by atoms with Crippen molar-refractivity contribution in [2.45, 2.75) is 25.5 Å². The van der Waals surface area contributed by atoms with Crippen LogP contribution in [-0.4, -0.2) is 51.3 Å². The van der Waals surface area contributed by atoms with Gasteiger partial charge in [-0.25, -0.2) is 0 Å². The second kappa shape index (κ2) is 8.97. The fourth-order valence-corrected chi connectivity index (χ4v) is 3.54. The van der Waals surface area contributed by atoms with Gasteiger partial charge in [-0.2, -0.15) is 0 Å². The van der Waals surface area contributed by atoms with Gasteiger partial charge in [0.25, 0.3) is 5.91 Å². The van der Waals surface area contributed by atoms with Crippen LogP contribution in [0.25, 0.3) is 0 Å². The van der Waals surface area contributed by atoms with E-state index in [2.05, 4.69) is 0 Å². The maximum atomic E-state index is 13.3. The molecule has 0 radical (unpaired) electrons. The molecule has 1 aliphatic rings. The lowest BCUT2D eigenvalue weighted by Gasteiger charge is -2.28. The number of carbonyl (C=O) groups excluding carboxylic acids is 1. The molecule has 150 valence electrons. The third kappa shape index (κ3) is 4.75. The van der Waals surface area contributed by atoms with Gasteiger partial charge in [-0.1, -0.05) is 0 Å². The number of nitrogen functional groups attached to an aromatic ring is 1. The van der Waals surface area contributed by atoms with Crippen LogP contribution >= 0.6 is 0 Å². The Hall–Kier alpha value is -2.73.